The van der Waals surface area contributed by atoms with Crippen molar-refractivity contribution in [1.82, 2.24) is 29.9 Å². The van der Waals surface area contributed by atoms with Gasteiger partial charge in [0.2, 0.25) is 0 Å². The van der Waals surface area contributed by atoms with Crippen molar-refractivity contribution in [2.75, 3.05) is 5.32 Å². The van der Waals surface area contributed by atoms with Crippen molar-refractivity contribution in [3.63, 3.8) is 0 Å². The van der Waals surface area contributed by atoms with Gasteiger partial charge in [-0.1, -0.05) is 11.8 Å². The number of rotatable bonds is 6. The van der Waals surface area contributed by atoms with Gasteiger partial charge < -0.3 is 10.3 Å². The molecule has 4 aromatic rings. The fraction of sp³-hybridized carbons (Fsp3) is 0.0556. The Morgan fingerprint density at radius 2 is 2.00 bits per heavy atom. The highest BCUT2D eigenvalue weighted by Gasteiger charge is 2.18. The fourth-order valence-corrected chi connectivity index (χ4v) is 3.99. The molecule has 0 radical (unpaired) electrons. The van der Waals surface area contributed by atoms with E-state index in [1.54, 1.807) is 36.1 Å². The van der Waals surface area contributed by atoms with Gasteiger partial charge in [-0.3, -0.25) is 9.48 Å². The number of nitrogens with one attached hydrogen (secondary N) is 2. The van der Waals surface area contributed by atoms with Crippen LogP contribution in [0.2, 0.25) is 0 Å². The lowest BCUT2D eigenvalue weighted by Gasteiger charge is -2.10. The molecule has 1 amide bonds. The number of benzene rings is 1. The summed E-state index contributed by atoms with van der Waals surface area (Å²) in [7, 11) is 1.73. The summed E-state index contributed by atoms with van der Waals surface area (Å²) in [4.78, 5) is 21.1. The zero-order valence-electron chi connectivity index (χ0n) is 15.3. The molecule has 30 heavy (non-hydrogen) atoms. The highest BCUT2D eigenvalue weighted by atomic mass is 32.2. The Morgan fingerprint density at radius 3 is 2.70 bits per heavy atom. The first-order valence-corrected chi connectivity index (χ1v) is 10.1. The quantitative estimate of drug-likeness (QED) is 0.466. The van der Waals surface area contributed by atoms with Gasteiger partial charge in [-0.25, -0.2) is 13.8 Å². The maximum atomic E-state index is 13.6. The molecule has 0 aliphatic rings. The van der Waals surface area contributed by atoms with E-state index >= 15 is 0 Å². The maximum absolute atomic E-state index is 13.6. The molecule has 3 heterocycles. The minimum absolute atomic E-state index is 0.111. The minimum Gasteiger partial charge on any atom is -0.322 e. The van der Waals surface area contributed by atoms with Gasteiger partial charge in [0, 0.05) is 29.1 Å². The molecule has 0 saturated heterocycles. The predicted molar refractivity (Wildman–Crippen MR) is 106 cm³/mol. The smallest absolute Gasteiger partial charge is 0.276 e. The number of aryl methyl sites for hydroxylation is 1. The van der Waals surface area contributed by atoms with E-state index < -0.39 is 17.5 Å². The Hall–Kier alpha value is -3.25. The lowest BCUT2D eigenvalue weighted by atomic mass is 10.3. The zero-order chi connectivity index (χ0) is 21.1. The second-order valence-electron chi connectivity index (χ2n) is 5.90. The van der Waals surface area contributed by atoms with Crippen LogP contribution >= 0.6 is 23.5 Å². The first kappa shape index (κ1) is 20.0. The summed E-state index contributed by atoms with van der Waals surface area (Å²) in [6.45, 7) is 0. The molecule has 3 aromatic heterocycles. The highest BCUT2D eigenvalue weighted by molar-refractivity contribution is 7.99. The van der Waals surface area contributed by atoms with E-state index in [2.05, 4.69) is 30.6 Å². The van der Waals surface area contributed by atoms with E-state index in [1.165, 1.54) is 24.2 Å². The third-order valence-electron chi connectivity index (χ3n) is 3.72. The molecule has 0 spiro atoms. The van der Waals surface area contributed by atoms with Crippen molar-refractivity contribution in [2.45, 2.75) is 20.0 Å². The van der Waals surface area contributed by atoms with Crippen LogP contribution in [0.4, 0.5) is 14.6 Å². The highest BCUT2D eigenvalue weighted by Crippen LogP contribution is 2.33. The van der Waals surface area contributed by atoms with E-state index in [1.807, 2.05) is 0 Å². The number of halogens is 2. The van der Waals surface area contributed by atoms with Gasteiger partial charge in [0.15, 0.2) is 22.6 Å². The molecule has 152 valence electrons. The number of aromatic amines is 1. The van der Waals surface area contributed by atoms with E-state index in [4.69, 9.17) is 0 Å². The van der Waals surface area contributed by atoms with Gasteiger partial charge >= 0.3 is 0 Å². The van der Waals surface area contributed by atoms with Gasteiger partial charge in [-0.15, -0.1) is 10.2 Å². The summed E-state index contributed by atoms with van der Waals surface area (Å²) in [5.74, 6) is -2.03. The summed E-state index contributed by atoms with van der Waals surface area (Å²) < 4.78 is 28.4. The number of amides is 1. The Balaban J connectivity index is 1.66. The summed E-state index contributed by atoms with van der Waals surface area (Å²) in [5, 5.41) is 15.4. The zero-order valence-corrected chi connectivity index (χ0v) is 17.0. The van der Waals surface area contributed by atoms with Crippen molar-refractivity contribution in [3.05, 3.63) is 66.3 Å². The van der Waals surface area contributed by atoms with Crippen LogP contribution in [-0.2, 0) is 7.05 Å². The Labute approximate surface area is 177 Å². The number of carbonyl (C=O) groups is 1. The number of hydrogen-bond acceptors (Lipinski definition) is 7. The van der Waals surface area contributed by atoms with Gasteiger partial charge in [0.1, 0.15) is 17.0 Å². The molecule has 4 rings (SSSR count). The molecule has 8 nitrogen and oxygen atoms in total. The number of anilines is 1. The summed E-state index contributed by atoms with van der Waals surface area (Å²) >= 11 is 2.29. The third-order valence-corrected chi connectivity index (χ3v) is 5.59. The number of hydrogen-bond donors (Lipinski definition) is 2. The standard InChI is InChI=1S/C18H13F2N7OS2/c1-27-7-6-14(26-27)23-17(28)16-13(29-10-2-3-11(19)12(20)8-10)4-5-15(24-16)30-18-21-9-22-25-18/h2-9H,1H3,(H,21,22,25)(H,23,26,28). The molecule has 0 saturated carbocycles. The number of H-pyrrole nitrogens is 1. The van der Waals surface area contributed by atoms with Crippen molar-refractivity contribution in [2.24, 2.45) is 7.05 Å². The largest absolute Gasteiger partial charge is 0.322 e. The van der Waals surface area contributed by atoms with Crippen LogP contribution in [0.15, 0.2) is 68.9 Å². The summed E-state index contributed by atoms with van der Waals surface area (Å²) in [5.41, 5.74) is 0.111. The Morgan fingerprint density at radius 1 is 1.13 bits per heavy atom. The molecule has 12 heteroatoms. The molecule has 0 aliphatic carbocycles. The first-order valence-electron chi connectivity index (χ1n) is 8.47. The van der Waals surface area contributed by atoms with Gasteiger partial charge in [-0.2, -0.15) is 5.10 Å². The first-order chi connectivity index (χ1) is 14.5. The van der Waals surface area contributed by atoms with Gasteiger partial charge in [0.05, 0.1) is 0 Å². The van der Waals surface area contributed by atoms with E-state index in [9.17, 15) is 13.6 Å². The number of aromatic nitrogens is 6. The van der Waals surface area contributed by atoms with Crippen LogP contribution in [0.1, 0.15) is 10.5 Å². The van der Waals surface area contributed by atoms with Crippen molar-refractivity contribution in [3.8, 4) is 0 Å². The average Bonchev–Trinajstić information content (AvgIpc) is 3.37. The molecule has 0 bridgehead atoms. The normalized spacial score (nSPS) is 10.9. The molecule has 1 aromatic carbocycles. The van der Waals surface area contributed by atoms with Crippen LogP contribution in [0.5, 0.6) is 0 Å². The maximum Gasteiger partial charge on any atom is 0.276 e. The summed E-state index contributed by atoms with van der Waals surface area (Å²) in [6.07, 6.45) is 3.13. The molecular weight excluding hydrogens is 432 g/mol. The molecule has 0 unspecified atom stereocenters. The van der Waals surface area contributed by atoms with E-state index in [0.717, 1.165) is 23.9 Å². The third kappa shape index (κ3) is 4.66. The second kappa shape index (κ2) is 8.63. The molecular formula is C18H13F2N7OS2. The van der Waals surface area contributed by atoms with Crippen LogP contribution in [0.3, 0.4) is 0 Å². The van der Waals surface area contributed by atoms with E-state index in [-0.39, 0.29) is 5.69 Å². The Bertz CT molecular complexity index is 1200. The lowest BCUT2D eigenvalue weighted by Crippen LogP contribution is -2.16. The predicted octanol–water partition coefficient (Wildman–Crippen LogP) is 3.77. The molecule has 2 N–H and O–H groups in total. The monoisotopic (exact) mass is 445 g/mol. The van der Waals surface area contributed by atoms with Crippen LogP contribution in [-0.4, -0.2) is 35.9 Å². The second-order valence-corrected chi connectivity index (χ2v) is 8.02. The molecule has 0 fully saturated rings. The van der Waals surface area contributed by atoms with Crippen LogP contribution in [0.25, 0.3) is 0 Å². The topological polar surface area (TPSA) is 101 Å². The summed E-state index contributed by atoms with van der Waals surface area (Å²) in [6, 6.07) is 8.57. The van der Waals surface area contributed by atoms with Crippen molar-refractivity contribution in [1.29, 1.82) is 0 Å². The van der Waals surface area contributed by atoms with Crippen LogP contribution < -0.4 is 5.32 Å². The SMILES string of the molecule is Cn1ccc(NC(=O)c2nc(Sc3nnc[nH]3)ccc2Sc2ccc(F)c(F)c2)n1. The fourth-order valence-electron chi connectivity index (χ4n) is 2.40. The van der Waals surface area contributed by atoms with Crippen molar-refractivity contribution >= 4 is 35.2 Å². The molecule has 0 aliphatic heterocycles. The van der Waals surface area contributed by atoms with Crippen molar-refractivity contribution < 1.29 is 13.6 Å². The number of nitrogens with zero attached hydrogens (tertiary/aromatic N) is 5. The number of pyridine rings is 1. The molecule has 0 atom stereocenters. The van der Waals surface area contributed by atoms with Crippen LogP contribution in [0, 0.1) is 11.6 Å². The number of carbonyl (C=O) groups excluding carboxylic acids is 1. The van der Waals surface area contributed by atoms with Gasteiger partial charge in [-0.05, 0) is 42.1 Å². The Kier molecular flexibility index (Phi) is 5.77. The average molecular weight is 445 g/mol. The lowest BCUT2D eigenvalue weighted by molar-refractivity contribution is 0.101. The van der Waals surface area contributed by atoms with E-state index in [0.29, 0.717) is 25.8 Å². The minimum atomic E-state index is -0.968. The van der Waals surface area contributed by atoms with Gasteiger partial charge in [0.25, 0.3) is 5.91 Å².